The van der Waals surface area contributed by atoms with Crippen molar-refractivity contribution in [2.45, 2.75) is 13.5 Å². The molecule has 0 saturated carbocycles. The van der Waals surface area contributed by atoms with Gasteiger partial charge in [0.25, 0.3) is 0 Å². The Kier molecular flexibility index (Phi) is 5.30. The second-order valence-electron chi connectivity index (χ2n) is 4.02. The number of benzene rings is 1. The molecule has 1 aromatic carbocycles. The van der Waals surface area contributed by atoms with E-state index < -0.39 is 11.8 Å². The molecule has 5 nitrogen and oxygen atoms in total. The summed E-state index contributed by atoms with van der Waals surface area (Å²) in [5, 5.41) is 11.4. The first-order chi connectivity index (χ1) is 9.04. The second kappa shape index (κ2) is 6.97. The van der Waals surface area contributed by atoms with Crippen LogP contribution in [-0.2, 0) is 16.1 Å². The Balaban J connectivity index is 2.60. The molecule has 1 aromatic rings. The normalized spacial score (nSPS) is 12.3. The number of nitrogens with zero attached hydrogens (tertiary/aromatic N) is 1. The Hall–Kier alpha value is -2.61. The molecule has 0 aliphatic heterocycles. The van der Waals surface area contributed by atoms with Gasteiger partial charge in [-0.2, -0.15) is 5.26 Å². The van der Waals surface area contributed by atoms with E-state index in [2.05, 4.69) is 5.32 Å². The van der Waals surface area contributed by atoms with Gasteiger partial charge in [-0.15, -0.1) is 0 Å². The van der Waals surface area contributed by atoms with Crippen LogP contribution in [0.5, 0.6) is 0 Å². The summed E-state index contributed by atoms with van der Waals surface area (Å²) in [6.45, 7) is 1.62. The molecular formula is C14H15N3O2. The summed E-state index contributed by atoms with van der Waals surface area (Å²) in [6, 6.07) is 11.1. The average molecular weight is 257 g/mol. The van der Waals surface area contributed by atoms with Crippen molar-refractivity contribution in [3.8, 4) is 6.07 Å². The molecule has 3 N–H and O–H groups in total. The van der Waals surface area contributed by atoms with E-state index in [4.69, 9.17) is 11.0 Å². The van der Waals surface area contributed by atoms with E-state index in [-0.39, 0.29) is 11.5 Å². The molecule has 0 aromatic heterocycles. The number of nitriles is 1. The van der Waals surface area contributed by atoms with Crippen LogP contribution in [0.1, 0.15) is 12.5 Å². The van der Waals surface area contributed by atoms with Crippen LogP contribution in [0.4, 0.5) is 0 Å². The lowest BCUT2D eigenvalue weighted by Crippen LogP contribution is -2.25. The molecule has 98 valence electrons. The van der Waals surface area contributed by atoms with Gasteiger partial charge in [0.15, 0.2) is 5.78 Å². The second-order valence-corrected chi connectivity index (χ2v) is 4.02. The van der Waals surface area contributed by atoms with Crippen molar-refractivity contribution in [3.05, 3.63) is 47.7 Å². The minimum absolute atomic E-state index is 0.0411. The number of rotatable bonds is 5. The zero-order chi connectivity index (χ0) is 14.3. The molecule has 1 atom stereocenters. The highest BCUT2D eigenvalue weighted by Gasteiger charge is 2.16. The molecular weight excluding hydrogens is 242 g/mol. The van der Waals surface area contributed by atoms with Crippen molar-refractivity contribution in [1.29, 1.82) is 5.26 Å². The molecule has 0 bridgehead atoms. The van der Waals surface area contributed by atoms with Gasteiger partial charge in [-0.1, -0.05) is 30.3 Å². The summed E-state index contributed by atoms with van der Waals surface area (Å²) in [5.74, 6) is -1.88. The van der Waals surface area contributed by atoms with Gasteiger partial charge in [-0.3, -0.25) is 9.59 Å². The summed E-state index contributed by atoms with van der Waals surface area (Å²) < 4.78 is 0. The highest BCUT2D eigenvalue weighted by atomic mass is 16.1. The molecule has 1 amide bonds. The smallest absolute Gasteiger partial charge is 0.246 e. The number of hydrogen-bond donors (Lipinski definition) is 2. The lowest BCUT2D eigenvalue weighted by molar-refractivity contribution is -0.118. The molecule has 19 heavy (non-hydrogen) atoms. The molecule has 1 rings (SSSR count). The Labute approximate surface area is 111 Å². The Morgan fingerprint density at radius 2 is 2.05 bits per heavy atom. The van der Waals surface area contributed by atoms with Crippen LogP contribution >= 0.6 is 0 Å². The van der Waals surface area contributed by atoms with Gasteiger partial charge in [0.2, 0.25) is 5.91 Å². The predicted molar refractivity (Wildman–Crippen MR) is 70.3 cm³/mol. The van der Waals surface area contributed by atoms with Crippen LogP contribution in [0.25, 0.3) is 0 Å². The van der Waals surface area contributed by atoms with Crippen LogP contribution in [0.2, 0.25) is 0 Å². The first-order valence-corrected chi connectivity index (χ1v) is 5.73. The first-order valence-electron chi connectivity index (χ1n) is 5.73. The van der Waals surface area contributed by atoms with Crippen molar-refractivity contribution >= 4 is 11.7 Å². The topological polar surface area (TPSA) is 96.0 Å². The highest BCUT2D eigenvalue weighted by Crippen LogP contribution is 2.05. The van der Waals surface area contributed by atoms with Crippen molar-refractivity contribution < 1.29 is 9.59 Å². The molecule has 0 radical (unpaired) electrons. The Morgan fingerprint density at radius 1 is 1.42 bits per heavy atom. The molecule has 0 heterocycles. The summed E-state index contributed by atoms with van der Waals surface area (Å²) in [7, 11) is 0. The van der Waals surface area contributed by atoms with Gasteiger partial charge in [-0.25, -0.2) is 0 Å². The van der Waals surface area contributed by atoms with Crippen molar-refractivity contribution in [2.75, 3.05) is 0 Å². The fourth-order valence-corrected chi connectivity index (χ4v) is 1.47. The van der Waals surface area contributed by atoms with Crippen LogP contribution in [-0.4, -0.2) is 11.7 Å². The first kappa shape index (κ1) is 14.5. The van der Waals surface area contributed by atoms with Gasteiger partial charge >= 0.3 is 0 Å². The molecule has 0 saturated heterocycles. The van der Waals surface area contributed by atoms with Crippen LogP contribution in [0, 0.1) is 17.2 Å². The molecule has 0 spiro atoms. The minimum Gasteiger partial charge on any atom is -0.400 e. The SMILES string of the molecule is CC(=O)C(C#N)/C(N)=C/C(=O)NCc1ccccc1. The predicted octanol–water partition coefficient (Wildman–Crippen LogP) is 0.874. The summed E-state index contributed by atoms with van der Waals surface area (Å²) in [5.41, 5.74) is 6.47. The van der Waals surface area contributed by atoms with Crippen LogP contribution in [0.3, 0.4) is 0 Å². The maximum absolute atomic E-state index is 11.6. The number of carbonyl (C=O) groups is 2. The third-order valence-electron chi connectivity index (χ3n) is 2.48. The van der Waals surface area contributed by atoms with E-state index in [0.29, 0.717) is 6.54 Å². The lowest BCUT2D eigenvalue weighted by Gasteiger charge is -2.06. The number of nitrogens with two attached hydrogens (primary N) is 1. The van der Waals surface area contributed by atoms with E-state index in [0.717, 1.165) is 11.6 Å². The van der Waals surface area contributed by atoms with E-state index in [1.54, 1.807) is 6.07 Å². The quantitative estimate of drug-likeness (QED) is 0.765. The number of ketones is 1. The number of hydrogen-bond acceptors (Lipinski definition) is 4. The van der Waals surface area contributed by atoms with Crippen molar-refractivity contribution in [2.24, 2.45) is 11.7 Å². The average Bonchev–Trinajstić information content (AvgIpc) is 2.38. The Bertz CT molecular complexity index is 529. The summed E-state index contributed by atoms with van der Waals surface area (Å²) >= 11 is 0. The van der Waals surface area contributed by atoms with E-state index >= 15 is 0 Å². The van der Waals surface area contributed by atoms with Gasteiger partial charge < -0.3 is 11.1 Å². The van der Waals surface area contributed by atoms with E-state index in [1.165, 1.54) is 6.92 Å². The van der Waals surface area contributed by atoms with Crippen molar-refractivity contribution in [3.63, 3.8) is 0 Å². The number of amides is 1. The van der Waals surface area contributed by atoms with Gasteiger partial charge in [0.1, 0.15) is 5.92 Å². The number of carbonyl (C=O) groups excluding carboxylic acids is 2. The molecule has 0 aliphatic carbocycles. The van der Waals surface area contributed by atoms with Gasteiger partial charge in [0.05, 0.1) is 6.07 Å². The monoisotopic (exact) mass is 257 g/mol. The maximum atomic E-state index is 11.6. The molecule has 1 unspecified atom stereocenters. The largest absolute Gasteiger partial charge is 0.400 e. The summed E-state index contributed by atoms with van der Waals surface area (Å²) in [4.78, 5) is 22.7. The fraction of sp³-hybridized carbons (Fsp3) is 0.214. The standard InChI is InChI=1S/C14H15N3O2/c1-10(18)12(8-15)13(16)7-14(19)17-9-11-5-3-2-4-6-11/h2-7,12H,9,16H2,1H3,(H,17,19)/b13-7-. The molecule has 0 aliphatic rings. The fourth-order valence-electron chi connectivity index (χ4n) is 1.47. The Morgan fingerprint density at radius 3 is 2.58 bits per heavy atom. The highest BCUT2D eigenvalue weighted by molar-refractivity contribution is 5.91. The van der Waals surface area contributed by atoms with E-state index in [1.807, 2.05) is 30.3 Å². The zero-order valence-corrected chi connectivity index (χ0v) is 10.6. The molecule has 5 heteroatoms. The number of Topliss-reactive ketones (excluding diaryl/α,β-unsaturated/α-hetero) is 1. The van der Waals surface area contributed by atoms with E-state index in [9.17, 15) is 9.59 Å². The number of allylic oxidation sites excluding steroid dienone is 1. The third kappa shape index (κ3) is 4.64. The molecule has 0 fully saturated rings. The van der Waals surface area contributed by atoms with Crippen LogP contribution in [0.15, 0.2) is 42.1 Å². The van der Waals surface area contributed by atoms with Crippen molar-refractivity contribution in [1.82, 2.24) is 5.32 Å². The van der Waals surface area contributed by atoms with Crippen LogP contribution < -0.4 is 11.1 Å². The lowest BCUT2D eigenvalue weighted by atomic mass is 10.0. The van der Waals surface area contributed by atoms with Gasteiger partial charge in [-0.05, 0) is 12.5 Å². The number of nitrogens with one attached hydrogen (secondary N) is 1. The summed E-state index contributed by atoms with van der Waals surface area (Å²) in [6.07, 6.45) is 1.08. The zero-order valence-electron chi connectivity index (χ0n) is 10.6. The van der Waals surface area contributed by atoms with Gasteiger partial charge in [0, 0.05) is 18.3 Å². The third-order valence-corrected chi connectivity index (χ3v) is 2.48. The maximum Gasteiger partial charge on any atom is 0.246 e. The minimum atomic E-state index is -1.07.